The Hall–Kier alpha value is -3.21. The van der Waals surface area contributed by atoms with Gasteiger partial charge in [-0.2, -0.15) is 0 Å². The quantitative estimate of drug-likeness (QED) is 0.451. The van der Waals surface area contributed by atoms with Crippen molar-refractivity contribution in [1.82, 2.24) is 4.72 Å². The first-order valence-electron chi connectivity index (χ1n) is 9.87. The van der Waals surface area contributed by atoms with E-state index in [1.807, 2.05) is 0 Å². The lowest BCUT2D eigenvalue weighted by Crippen LogP contribution is -2.33. The molecule has 0 bridgehead atoms. The van der Waals surface area contributed by atoms with Crippen LogP contribution >= 0.6 is 11.6 Å². The Bertz CT molecular complexity index is 1320. The second-order valence-electron chi connectivity index (χ2n) is 7.10. The molecule has 0 saturated carbocycles. The van der Waals surface area contributed by atoms with Crippen molar-refractivity contribution < 1.29 is 31.5 Å². The van der Waals surface area contributed by atoms with Crippen molar-refractivity contribution in [1.29, 1.82) is 0 Å². The zero-order valence-electron chi connectivity index (χ0n) is 18.2. The molecule has 34 heavy (non-hydrogen) atoms. The number of carbonyl (C=O) groups excluding carboxylic acids is 1. The fraction of sp³-hybridized carbons (Fsp3) is 0.174. The second kappa shape index (κ2) is 10.8. The largest absolute Gasteiger partial charge is 0.493 e. The van der Waals surface area contributed by atoms with Crippen molar-refractivity contribution in [2.75, 3.05) is 26.1 Å². The van der Waals surface area contributed by atoms with Crippen LogP contribution in [0.15, 0.2) is 59.5 Å². The van der Waals surface area contributed by atoms with Gasteiger partial charge < -0.3 is 14.8 Å². The highest BCUT2D eigenvalue weighted by atomic mass is 35.5. The predicted molar refractivity (Wildman–Crippen MR) is 124 cm³/mol. The number of sulfonamides is 1. The Labute approximate surface area is 200 Å². The zero-order valence-corrected chi connectivity index (χ0v) is 19.8. The maximum absolute atomic E-state index is 14.1. The van der Waals surface area contributed by atoms with Crippen LogP contribution in [0.1, 0.15) is 11.1 Å². The highest BCUT2D eigenvalue weighted by molar-refractivity contribution is 7.89. The lowest BCUT2D eigenvalue weighted by Gasteiger charge is -2.14. The molecule has 0 aliphatic rings. The maximum Gasteiger partial charge on any atom is 0.241 e. The fourth-order valence-corrected chi connectivity index (χ4v) is 4.33. The fourth-order valence-electron chi connectivity index (χ4n) is 3.14. The van der Waals surface area contributed by atoms with Gasteiger partial charge in [-0.05, 0) is 59.7 Å². The molecule has 0 aromatic heterocycles. The van der Waals surface area contributed by atoms with Crippen molar-refractivity contribution >= 4 is 33.2 Å². The highest BCUT2D eigenvalue weighted by Gasteiger charge is 2.19. The summed E-state index contributed by atoms with van der Waals surface area (Å²) in [4.78, 5) is 12.4. The summed E-state index contributed by atoms with van der Waals surface area (Å²) >= 11 is 6.03. The molecule has 3 aromatic carbocycles. The summed E-state index contributed by atoms with van der Waals surface area (Å²) in [6, 6.07) is 11.6. The van der Waals surface area contributed by atoms with Gasteiger partial charge in [0.25, 0.3) is 0 Å². The average molecular weight is 511 g/mol. The minimum atomic E-state index is -4.04. The summed E-state index contributed by atoms with van der Waals surface area (Å²) in [5.74, 6) is -1.32. The van der Waals surface area contributed by atoms with Crippen LogP contribution in [0.3, 0.4) is 0 Å². The molecule has 0 heterocycles. The van der Waals surface area contributed by atoms with Gasteiger partial charge in [0.1, 0.15) is 11.6 Å². The van der Waals surface area contributed by atoms with Crippen LogP contribution < -0.4 is 19.5 Å². The number of hydrogen-bond acceptors (Lipinski definition) is 5. The van der Waals surface area contributed by atoms with E-state index in [2.05, 4.69) is 10.0 Å². The molecule has 0 spiro atoms. The van der Waals surface area contributed by atoms with E-state index in [1.54, 1.807) is 0 Å². The third-order valence-electron chi connectivity index (χ3n) is 4.82. The van der Waals surface area contributed by atoms with Crippen LogP contribution in [0.4, 0.5) is 14.5 Å². The molecule has 0 aliphatic carbocycles. The monoisotopic (exact) mass is 510 g/mol. The predicted octanol–water partition coefficient (Wildman–Crippen LogP) is 4.14. The summed E-state index contributed by atoms with van der Waals surface area (Å²) in [6.45, 7) is -0.576. The van der Waals surface area contributed by atoms with Gasteiger partial charge in [-0.1, -0.05) is 11.6 Å². The standard InChI is InChI=1S/C23H21ClF2N2O5S/c1-32-21-8-5-18(12-22(21)33-2)34(30,31)27-13-23(29)28-20-7-3-16(24)10-15(20)9-14-11-17(25)4-6-19(14)26/h3-8,10-12,27H,9,13H2,1-2H3,(H,28,29). The number of benzene rings is 3. The number of ether oxygens (including phenoxy) is 2. The van der Waals surface area contributed by atoms with E-state index in [0.717, 1.165) is 18.2 Å². The molecule has 2 N–H and O–H groups in total. The number of rotatable bonds is 9. The molecule has 1 amide bonds. The molecule has 180 valence electrons. The van der Waals surface area contributed by atoms with E-state index in [4.69, 9.17) is 21.1 Å². The van der Waals surface area contributed by atoms with Crippen LogP contribution in [-0.2, 0) is 21.2 Å². The van der Waals surface area contributed by atoms with Crippen molar-refractivity contribution in [2.24, 2.45) is 0 Å². The Balaban J connectivity index is 1.73. The minimum Gasteiger partial charge on any atom is -0.493 e. The van der Waals surface area contributed by atoms with E-state index in [-0.39, 0.29) is 28.3 Å². The zero-order chi connectivity index (χ0) is 24.9. The molecular weight excluding hydrogens is 490 g/mol. The molecule has 0 saturated heterocycles. The van der Waals surface area contributed by atoms with E-state index in [9.17, 15) is 22.0 Å². The van der Waals surface area contributed by atoms with E-state index in [1.165, 1.54) is 50.6 Å². The molecule has 0 aliphatic heterocycles. The summed E-state index contributed by atoms with van der Waals surface area (Å²) in [7, 11) is -1.25. The topological polar surface area (TPSA) is 93.7 Å². The lowest BCUT2D eigenvalue weighted by atomic mass is 10.0. The normalized spacial score (nSPS) is 11.2. The highest BCUT2D eigenvalue weighted by Crippen LogP contribution is 2.29. The van der Waals surface area contributed by atoms with Crippen LogP contribution in [-0.4, -0.2) is 35.1 Å². The summed E-state index contributed by atoms with van der Waals surface area (Å²) in [5, 5.41) is 2.90. The molecule has 3 aromatic rings. The summed E-state index contributed by atoms with van der Waals surface area (Å²) in [6.07, 6.45) is -0.0445. The first-order valence-corrected chi connectivity index (χ1v) is 11.7. The number of nitrogens with one attached hydrogen (secondary N) is 2. The first kappa shape index (κ1) is 25.4. The second-order valence-corrected chi connectivity index (χ2v) is 9.31. The number of hydrogen-bond donors (Lipinski definition) is 2. The van der Waals surface area contributed by atoms with Gasteiger partial charge in [0, 0.05) is 23.2 Å². The Morgan fingerprint density at radius 1 is 0.941 bits per heavy atom. The third kappa shape index (κ3) is 6.22. The van der Waals surface area contributed by atoms with E-state index in [0.29, 0.717) is 16.3 Å². The Morgan fingerprint density at radius 3 is 2.38 bits per heavy atom. The van der Waals surface area contributed by atoms with Crippen LogP contribution in [0, 0.1) is 11.6 Å². The van der Waals surface area contributed by atoms with Crippen molar-refractivity contribution in [3.63, 3.8) is 0 Å². The van der Waals surface area contributed by atoms with Crippen LogP contribution in [0.25, 0.3) is 0 Å². The molecule has 7 nitrogen and oxygen atoms in total. The summed E-state index contributed by atoms with van der Waals surface area (Å²) in [5.41, 5.74) is 0.781. The molecule has 0 atom stereocenters. The SMILES string of the molecule is COc1ccc(S(=O)(=O)NCC(=O)Nc2ccc(Cl)cc2Cc2cc(F)ccc2F)cc1OC. The van der Waals surface area contributed by atoms with E-state index >= 15 is 0 Å². The van der Waals surface area contributed by atoms with Crippen LogP contribution in [0.5, 0.6) is 11.5 Å². The Kier molecular flexibility index (Phi) is 8.08. The van der Waals surface area contributed by atoms with E-state index < -0.39 is 34.1 Å². The molecule has 0 fully saturated rings. The van der Waals surface area contributed by atoms with Crippen molar-refractivity contribution in [3.8, 4) is 11.5 Å². The number of carbonyl (C=O) groups is 1. The van der Waals surface area contributed by atoms with Crippen LogP contribution in [0.2, 0.25) is 5.02 Å². The van der Waals surface area contributed by atoms with Gasteiger partial charge in [0.2, 0.25) is 15.9 Å². The average Bonchev–Trinajstić information content (AvgIpc) is 2.81. The molecular formula is C23H21ClF2N2O5S. The third-order valence-corrected chi connectivity index (χ3v) is 6.45. The summed E-state index contributed by atoms with van der Waals surface area (Å²) < 4.78 is 65.2. The number of halogens is 3. The van der Waals surface area contributed by atoms with Gasteiger partial charge >= 0.3 is 0 Å². The van der Waals surface area contributed by atoms with Gasteiger partial charge in [0.05, 0.1) is 25.7 Å². The number of methoxy groups -OCH3 is 2. The maximum atomic E-state index is 14.1. The number of anilines is 1. The number of amides is 1. The molecule has 0 unspecified atom stereocenters. The lowest BCUT2D eigenvalue weighted by molar-refractivity contribution is -0.115. The van der Waals surface area contributed by atoms with Gasteiger partial charge in [0.15, 0.2) is 11.5 Å². The van der Waals surface area contributed by atoms with Gasteiger partial charge in [-0.15, -0.1) is 0 Å². The van der Waals surface area contributed by atoms with Crippen molar-refractivity contribution in [3.05, 3.63) is 82.4 Å². The molecule has 0 radical (unpaired) electrons. The smallest absolute Gasteiger partial charge is 0.241 e. The Morgan fingerprint density at radius 2 is 1.68 bits per heavy atom. The van der Waals surface area contributed by atoms with Gasteiger partial charge in [-0.25, -0.2) is 21.9 Å². The molecule has 3 rings (SSSR count). The minimum absolute atomic E-state index is 0.0445. The van der Waals surface area contributed by atoms with Gasteiger partial charge in [-0.3, -0.25) is 4.79 Å². The van der Waals surface area contributed by atoms with Crippen molar-refractivity contribution in [2.45, 2.75) is 11.3 Å². The first-order chi connectivity index (χ1) is 16.1. The molecule has 11 heteroatoms.